The normalized spacial score (nSPS) is 19.8. The number of anilines is 1. The average molecular weight is 410 g/mol. The molecule has 29 heavy (non-hydrogen) atoms. The van der Waals surface area contributed by atoms with Gasteiger partial charge in [0.2, 0.25) is 5.91 Å². The topological polar surface area (TPSA) is 62.3 Å². The molecule has 6 heteroatoms. The zero-order chi connectivity index (χ0) is 20.0. The number of hydrogen-bond acceptors (Lipinski definition) is 3. The van der Waals surface area contributed by atoms with Crippen molar-refractivity contribution in [3.8, 4) is 0 Å². The van der Waals surface area contributed by atoms with Gasteiger partial charge in [-0.05, 0) is 81.3 Å². The minimum Gasteiger partial charge on any atom is -0.341 e. The third kappa shape index (κ3) is 3.42. The number of rotatable bonds is 4. The molecule has 1 aliphatic heterocycles. The summed E-state index contributed by atoms with van der Waals surface area (Å²) < 4.78 is 0. The average Bonchev–Trinajstić information content (AvgIpc) is 3.55. The number of fused-ring (bicyclic) bond motifs is 1. The van der Waals surface area contributed by atoms with Gasteiger partial charge >= 0.3 is 0 Å². The largest absolute Gasteiger partial charge is 0.341 e. The fourth-order valence-electron chi connectivity index (χ4n) is 4.36. The van der Waals surface area contributed by atoms with E-state index in [1.165, 1.54) is 0 Å². The molecule has 5 nitrogen and oxygen atoms in total. The van der Waals surface area contributed by atoms with E-state index in [4.69, 9.17) is 16.6 Å². The van der Waals surface area contributed by atoms with Gasteiger partial charge in [-0.15, -0.1) is 0 Å². The second-order valence-electron chi connectivity index (χ2n) is 8.43. The molecule has 2 aliphatic carbocycles. The van der Waals surface area contributed by atoms with Crippen molar-refractivity contribution in [1.29, 1.82) is 0 Å². The Balaban J connectivity index is 1.41. The molecule has 2 amide bonds. The fraction of sp³-hybridized carbons (Fsp3) is 0.435. The van der Waals surface area contributed by atoms with Gasteiger partial charge in [-0.3, -0.25) is 14.6 Å². The molecule has 0 saturated heterocycles. The Kier molecular flexibility index (Phi) is 4.58. The first-order valence-electron chi connectivity index (χ1n) is 10.5. The van der Waals surface area contributed by atoms with Crippen LogP contribution in [0.25, 0.3) is 0 Å². The number of carbonyl (C=O) groups excluding carboxylic acids is 2. The lowest BCUT2D eigenvalue weighted by Crippen LogP contribution is -2.51. The van der Waals surface area contributed by atoms with Gasteiger partial charge in [-0.2, -0.15) is 0 Å². The molecule has 0 bridgehead atoms. The highest BCUT2D eigenvalue weighted by Crippen LogP contribution is 2.42. The van der Waals surface area contributed by atoms with Crippen LogP contribution in [-0.4, -0.2) is 23.3 Å². The van der Waals surface area contributed by atoms with Gasteiger partial charge in [0.15, 0.2) is 0 Å². The van der Waals surface area contributed by atoms with Crippen LogP contribution < -0.4 is 10.2 Å². The standard InChI is InChI=1S/C23H24ClN3O2/c24-17-8-6-15(7-9-17)21(28)26-23(12-2-13-23)20-11-10-19-18(25-20)3-1-14-27(19)22(29)16-4-5-16/h6-11,16H,1-5,12-14H2,(H,26,28). The van der Waals surface area contributed by atoms with Crippen LogP contribution in [0.15, 0.2) is 36.4 Å². The lowest BCUT2D eigenvalue weighted by molar-refractivity contribution is -0.119. The summed E-state index contributed by atoms with van der Waals surface area (Å²) in [7, 11) is 0. The molecule has 2 fully saturated rings. The van der Waals surface area contributed by atoms with Gasteiger partial charge in [0.25, 0.3) is 5.91 Å². The summed E-state index contributed by atoms with van der Waals surface area (Å²) >= 11 is 5.94. The number of pyridine rings is 1. The lowest BCUT2D eigenvalue weighted by Gasteiger charge is -2.42. The Bertz CT molecular complexity index is 965. The maximum atomic E-state index is 12.8. The van der Waals surface area contributed by atoms with Crippen LogP contribution in [0.1, 0.15) is 60.3 Å². The minimum atomic E-state index is -0.422. The van der Waals surface area contributed by atoms with Crippen molar-refractivity contribution in [2.45, 2.75) is 50.5 Å². The summed E-state index contributed by atoms with van der Waals surface area (Å²) in [5, 5.41) is 3.84. The molecule has 0 unspecified atom stereocenters. The van der Waals surface area contributed by atoms with Crippen LogP contribution in [0.4, 0.5) is 5.69 Å². The Morgan fingerprint density at radius 2 is 1.83 bits per heavy atom. The number of nitrogens with zero attached hydrogens (tertiary/aromatic N) is 2. The van der Waals surface area contributed by atoms with Gasteiger partial charge in [-0.1, -0.05) is 11.6 Å². The number of amides is 2. The molecule has 2 heterocycles. The van der Waals surface area contributed by atoms with Crippen LogP contribution in [0, 0.1) is 5.92 Å². The number of nitrogens with one attached hydrogen (secondary N) is 1. The zero-order valence-corrected chi connectivity index (χ0v) is 17.0. The number of benzene rings is 1. The molecule has 5 rings (SSSR count). The molecule has 1 N–H and O–H groups in total. The van der Waals surface area contributed by atoms with E-state index in [0.717, 1.165) is 68.6 Å². The Morgan fingerprint density at radius 3 is 2.48 bits per heavy atom. The molecular formula is C23H24ClN3O2. The van der Waals surface area contributed by atoms with Gasteiger partial charge in [0, 0.05) is 23.0 Å². The van der Waals surface area contributed by atoms with Crippen LogP contribution in [0.5, 0.6) is 0 Å². The first kappa shape index (κ1) is 18.6. The number of hydrogen-bond donors (Lipinski definition) is 1. The zero-order valence-electron chi connectivity index (χ0n) is 16.3. The Hall–Kier alpha value is -2.40. The smallest absolute Gasteiger partial charge is 0.252 e. The van der Waals surface area contributed by atoms with Crippen molar-refractivity contribution in [1.82, 2.24) is 10.3 Å². The van der Waals surface area contributed by atoms with Gasteiger partial charge in [-0.25, -0.2) is 0 Å². The van der Waals surface area contributed by atoms with Crippen LogP contribution in [-0.2, 0) is 16.8 Å². The van der Waals surface area contributed by atoms with Gasteiger partial charge in [0.05, 0.1) is 22.6 Å². The highest BCUT2D eigenvalue weighted by Gasteiger charge is 2.42. The summed E-state index contributed by atoms with van der Waals surface area (Å²) in [4.78, 5) is 32.3. The molecule has 3 aliphatic rings. The number of carbonyl (C=O) groups is 2. The SMILES string of the molecule is O=C(NC1(c2ccc3c(n2)CCCN3C(=O)C2CC2)CCC1)c1ccc(Cl)cc1. The Labute approximate surface area is 175 Å². The first-order valence-corrected chi connectivity index (χ1v) is 10.8. The van der Waals surface area contributed by atoms with Crippen LogP contribution >= 0.6 is 11.6 Å². The maximum Gasteiger partial charge on any atom is 0.252 e. The van der Waals surface area contributed by atoms with E-state index in [-0.39, 0.29) is 17.7 Å². The second-order valence-corrected chi connectivity index (χ2v) is 8.86. The van der Waals surface area contributed by atoms with E-state index in [1.807, 2.05) is 17.0 Å². The molecule has 0 radical (unpaired) electrons. The second kappa shape index (κ2) is 7.13. The molecule has 0 spiro atoms. The summed E-state index contributed by atoms with van der Waals surface area (Å²) in [5.74, 6) is 0.346. The summed E-state index contributed by atoms with van der Waals surface area (Å²) in [6, 6.07) is 11.0. The van der Waals surface area contributed by atoms with Crippen molar-refractivity contribution in [2.24, 2.45) is 5.92 Å². The van der Waals surface area contributed by atoms with E-state index in [2.05, 4.69) is 5.32 Å². The molecular weight excluding hydrogens is 386 g/mol. The molecule has 1 aromatic carbocycles. The summed E-state index contributed by atoms with van der Waals surface area (Å²) in [6.45, 7) is 0.780. The fourth-order valence-corrected chi connectivity index (χ4v) is 4.49. The van der Waals surface area contributed by atoms with Crippen LogP contribution in [0.2, 0.25) is 5.02 Å². The van der Waals surface area contributed by atoms with E-state index in [9.17, 15) is 9.59 Å². The van der Waals surface area contributed by atoms with Gasteiger partial charge in [0.1, 0.15) is 0 Å². The van der Waals surface area contributed by atoms with Crippen molar-refractivity contribution < 1.29 is 9.59 Å². The molecule has 1 aromatic heterocycles. The van der Waals surface area contributed by atoms with Crippen molar-refractivity contribution in [2.75, 3.05) is 11.4 Å². The third-order valence-electron chi connectivity index (χ3n) is 6.39. The predicted molar refractivity (Wildman–Crippen MR) is 112 cm³/mol. The first-order chi connectivity index (χ1) is 14.1. The van der Waals surface area contributed by atoms with E-state index in [0.29, 0.717) is 10.6 Å². The number of aryl methyl sites for hydroxylation is 1. The molecule has 150 valence electrons. The minimum absolute atomic E-state index is 0.105. The number of aromatic nitrogens is 1. The Morgan fingerprint density at radius 1 is 1.07 bits per heavy atom. The van der Waals surface area contributed by atoms with Crippen molar-refractivity contribution in [3.63, 3.8) is 0 Å². The summed E-state index contributed by atoms with van der Waals surface area (Å²) in [6.07, 6.45) is 6.65. The van der Waals surface area contributed by atoms with Gasteiger partial charge < -0.3 is 10.2 Å². The lowest BCUT2D eigenvalue weighted by atomic mass is 9.73. The van der Waals surface area contributed by atoms with Crippen molar-refractivity contribution >= 4 is 29.1 Å². The highest BCUT2D eigenvalue weighted by atomic mass is 35.5. The van der Waals surface area contributed by atoms with E-state index < -0.39 is 5.54 Å². The molecule has 2 saturated carbocycles. The quantitative estimate of drug-likeness (QED) is 0.821. The molecule has 0 atom stereocenters. The van der Waals surface area contributed by atoms with E-state index >= 15 is 0 Å². The van der Waals surface area contributed by atoms with Crippen molar-refractivity contribution in [3.05, 3.63) is 58.4 Å². The number of halogens is 1. The van der Waals surface area contributed by atoms with Crippen LogP contribution in [0.3, 0.4) is 0 Å². The van der Waals surface area contributed by atoms with E-state index in [1.54, 1.807) is 24.3 Å². The monoisotopic (exact) mass is 409 g/mol. The highest BCUT2D eigenvalue weighted by molar-refractivity contribution is 6.30. The third-order valence-corrected chi connectivity index (χ3v) is 6.64. The maximum absolute atomic E-state index is 12.8. The summed E-state index contributed by atoms with van der Waals surface area (Å²) in [5.41, 5.74) is 3.02. The molecule has 2 aromatic rings. The predicted octanol–water partition coefficient (Wildman–Crippen LogP) is 4.23.